The van der Waals surface area contributed by atoms with Crippen molar-refractivity contribution >= 4 is 45.0 Å². The molecule has 1 atom stereocenters. The van der Waals surface area contributed by atoms with E-state index in [1.807, 2.05) is 24.3 Å². The molecule has 1 aliphatic carbocycles. The highest BCUT2D eigenvalue weighted by Gasteiger charge is 2.29. The van der Waals surface area contributed by atoms with E-state index in [9.17, 15) is 19.5 Å². The molecule has 1 aromatic heterocycles. The molecule has 2 N–H and O–H groups in total. The SMILES string of the molecule is CCOC(=O)c1c(NC(=O)C(C)OC(=O)c2cc3ccccc3cc2O)sc2c1CCCC2. The standard InChI is InChI=1S/C25H25NO6S/c1-3-31-25(30)21-17-10-6-7-11-20(17)33-23(21)26-22(28)14(2)32-24(29)18-12-15-8-4-5-9-16(15)13-19(18)27/h4-5,8-9,12-14,27H,3,6-7,10-11H2,1-2H3,(H,26,28). The molecule has 172 valence electrons. The number of anilines is 1. The summed E-state index contributed by atoms with van der Waals surface area (Å²) < 4.78 is 10.5. The summed E-state index contributed by atoms with van der Waals surface area (Å²) >= 11 is 1.37. The van der Waals surface area contributed by atoms with Crippen LogP contribution in [-0.4, -0.2) is 35.7 Å². The topological polar surface area (TPSA) is 102 Å². The first-order valence-corrected chi connectivity index (χ1v) is 11.8. The normalized spacial score (nSPS) is 13.8. The predicted molar refractivity (Wildman–Crippen MR) is 126 cm³/mol. The first kappa shape index (κ1) is 22.8. The second kappa shape index (κ2) is 9.62. The van der Waals surface area contributed by atoms with Gasteiger partial charge in [-0.15, -0.1) is 11.3 Å². The molecule has 3 aromatic rings. The lowest BCUT2D eigenvalue weighted by atomic mass is 9.95. The van der Waals surface area contributed by atoms with Crippen molar-refractivity contribution in [3.63, 3.8) is 0 Å². The number of fused-ring (bicyclic) bond motifs is 2. The van der Waals surface area contributed by atoms with Crippen molar-refractivity contribution in [2.75, 3.05) is 11.9 Å². The number of amides is 1. The van der Waals surface area contributed by atoms with Gasteiger partial charge < -0.3 is 19.9 Å². The number of phenols is 1. The van der Waals surface area contributed by atoms with Crippen LogP contribution in [0.3, 0.4) is 0 Å². The number of phenolic OH excluding ortho intramolecular Hbond substituents is 1. The molecule has 8 heteroatoms. The van der Waals surface area contributed by atoms with Crippen LogP contribution in [0, 0.1) is 0 Å². The molecule has 2 aromatic carbocycles. The average molecular weight is 468 g/mol. The summed E-state index contributed by atoms with van der Waals surface area (Å²) in [5.74, 6) is -2.05. The van der Waals surface area contributed by atoms with Crippen LogP contribution in [0.1, 0.15) is 57.8 Å². The molecule has 0 spiro atoms. The molecule has 1 amide bonds. The molecule has 0 aliphatic heterocycles. The first-order valence-electron chi connectivity index (χ1n) is 10.9. The Bertz CT molecular complexity index is 1230. The van der Waals surface area contributed by atoms with Crippen molar-refractivity contribution in [2.24, 2.45) is 0 Å². The van der Waals surface area contributed by atoms with Crippen molar-refractivity contribution in [1.29, 1.82) is 0 Å². The number of carbonyl (C=O) groups excluding carboxylic acids is 3. The number of benzene rings is 2. The van der Waals surface area contributed by atoms with Gasteiger partial charge in [-0.25, -0.2) is 9.59 Å². The molecule has 7 nitrogen and oxygen atoms in total. The molecule has 0 saturated carbocycles. The van der Waals surface area contributed by atoms with E-state index < -0.39 is 23.9 Å². The minimum absolute atomic E-state index is 0.0212. The molecule has 0 bridgehead atoms. The van der Waals surface area contributed by atoms with Gasteiger partial charge in [-0.05, 0) is 68.0 Å². The van der Waals surface area contributed by atoms with Crippen LogP contribution >= 0.6 is 11.3 Å². The van der Waals surface area contributed by atoms with E-state index in [2.05, 4.69) is 5.32 Å². The Kier molecular flexibility index (Phi) is 6.65. The number of carbonyl (C=O) groups is 3. The van der Waals surface area contributed by atoms with E-state index in [-0.39, 0.29) is 17.9 Å². The van der Waals surface area contributed by atoms with Crippen molar-refractivity contribution in [3.05, 3.63) is 58.0 Å². The van der Waals surface area contributed by atoms with Crippen LogP contribution in [0.5, 0.6) is 5.75 Å². The summed E-state index contributed by atoms with van der Waals surface area (Å²) in [6.07, 6.45) is 2.49. The van der Waals surface area contributed by atoms with Crippen molar-refractivity contribution in [3.8, 4) is 5.75 Å². The molecule has 4 rings (SSSR count). The van der Waals surface area contributed by atoms with Gasteiger partial charge in [0.25, 0.3) is 5.91 Å². The Morgan fingerprint density at radius 3 is 2.52 bits per heavy atom. The second-order valence-corrected chi connectivity index (χ2v) is 8.99. The predicted octanol–water partition coefficient (Wildman–Crippen LogP) is 4.85. The third-order valence-corrected chi connectivity index (χ3v) is 6.83. The molecule has 1 unspecified atom stereocenters. The number of aryl methyl sites for hydroxylation is 1. The minimum Gasteiger partial charge on any atom is -0.507 e. The van der Waals surface area contributed by atoms with Gasteiger partial charge in [0.05, 0.1) is 12.2 Å². The number of rotatable bonds is 6. The van der Waals surface area contributed by atoms with E-state index >= 15 is 0 Å². The summed E-state index contributed by atoms with van der Waals surface area (Å²) in [7, 11) is 0. The summed E-state index contributed by atoms with van der Waals surface area (Å²) in [5, 5.41) is 15.0. The fraction of sp³-hybridized carbons (Fsp3) is 0.320. The zero-order valence-corrected chi connectivity index (χ0v) is 19.3. The number of ether oxygens (including phenoxy) is 2. The largest absolute Gasteiger partial charge is 0.507 e. The zero-order valence-electron chi connectivity index (χ0n) is 18.5. The van der Waals surface area contributed by atoms with Crippen molar-refractivity contribution in [1.82, 2.24) is 0 Å². The van der Waals surface area contributed by atoms with Crippen molar-refractivity contribution in [2.45, 2.75) is 45.6 Å². The van der Waals surface area contributed by atoms with Gasteiger partial charge in [0.2, 0.25) is 0 Å². The Morgan fingerprint density at radius 2 is 1.79 bits per heavy atom. The van der Waals surface area contributed by atoms with Gasteiger partial charge in [0.15, 0.2) is 6.10 Å². The number of thiophene rings is 1. The molecule has 33 heavy (non-hydrogen) atoms. The van der Waals surface area contributed by atoms with Crippen LogP contribution < -0.4 is 5.32 Å². The fourth-order valence-electron chi connectivity index (χ4n) is 3.96. The maximum absolute atomic E-state index is 12.8. The lowest BCUT2D eigenvalue weighted by Crippen LogP contribution is -2.30. The average Bonchev–Trinajstić information content (AvgIpc) is 3.16. The van der Waals surface area contributed by atoms with Gasteiger partial charge in [0.1, 0.15) is 16.3 Å². The Morgan fingerprint density at radius 1 is 1.09 bits per heavy atom. The summed E-state index contributed by atoms with van der Waals surface area (Å²) in [5.41, 5.74) is 1.31. The molecule has 0 radical (unpaired) electrons. The molecule has 0 saturated heterocycles. The van der Waals surface area contributed by atoms with Crippen molar-refractivity contribution < 1.29 is 29.0 Å². The maximum Gasteiger partial charge on any atom is 0.342 e. The van der Waals surface area contributed by atoms with Crippen LogP contribution in [0.15, 0.2) is 36.4 Å². The fourth-order valence-corrected chi connectivity index (χ4v) is 5.24. The summed E-state index contributed by atoms with van der Waals surface area (Å²) in [6.45, 7) is 3.42. The van der Waals surface area contributed by atoms with Crippen LogP contribution in [0.25, 0.3) is 10.8 Å². The number of aromatic hydroxyl groups is 1. The van der Waals surface area contributed by atoms with Gasteiger partial charge in [-0.2, -0.15) is 0 Å². The van der Waals surface area contributed by atoms with E-state index in [1.165, 1.54) is 30.4 Å². The van der Waals surface area contributed by atoms with E-state index in [1.54, 1.807) is 6.92 Å². The molecular formula is C25H25NO6S. The van der Waals surface area contributed by atoms with Crippen LogP contribution in [-0.2, 0) is 27.1 Å². The van der Waals surface area contributed by atoms with Gasteiger partial charge in [-0.1, -0.05) is 24.3 Å². The van der Waals surface area contributed by atoms with Crippen LogP contribution in [0.2, 0.25) is 0 Å². The van der Waals surface area contributed by atoms with Gasteiger partial charge in [0, 0.05) is 4.88 Å². The highest BCUT2D eigenvalue weighted by atomic mass is 32.1. The smallest absolute Gasteiger partial charge is 0.342 e. The molecule has 0 fully saturated rings. The maximum atomic E-state index is 12.8. The molecular weight excluding hydrogens is 442 g/mol. The third-order valence-electron chi connectivity index (χ3n) is 5.62. The van der Waals surface area contributed by atoms with Gasteiger partial charge in [-0.3, -0.25) is 4.79 Å². The van der Waals surface area contributed by atoms with E-state index in [0.29, 0.717) is 10.6 Å². The zero-order chi connectivity index (χ0) is 23.5. The highest BCUT2D eigenvalue weighted by Crippen LogP contribution is 2.38. The molecule has 1 aliphatic rings. The van der Waals surface area contributed by atoms with E-state index in [0.717, 1.165) is 46.9 Å². The Balaban J connectivity index is 1.51. The Hall–Kier alpha value is -3.39. The summed E-state index contributed by atoms with van der Waals surface area (Å²) in [4.78, 5) is 39.1. The highest BCUT2D eigenvalue weighted by molar-refractivity contribution is 7.17. The summed E-state index contributed by atoms with van der Waals surface area (Å²) in [6, 6.07) is 10.3. The number of hydrogen-bond donors (Lipinski definition) is 2. The molecule has 1 heterocycles. The van der Waals surface area contributed by atoms with Gasteiger partial charge >= 0.3 is 11.9 Å². The number of esters is 2. The quantitative estimate of drug-likeness (QED) is 0.503. The van der Waals surface area contributed by atoms with Crippen LogP contribution in [0.4, 0.5) is 5.00 Å². The minimum atomic E-state index is -1.14. The second-order valence-electron chi connectivity index (χ2n) is 7.89. The number of hydrogen-bond acceptors (Lipinski definition) is 7. The monoisotopic (exact) mass is 467 g/mol. The number of nitrogens with one attached hydrogen (secondary N) is 1. The Labute approximate surface area is 195 Å². The first-order chi connectivity index (χ1) is 15.9. The third kappa shape index (κ3) is 4.71. The lowest BCUT2D eigenvalue weighted by molar-refractivity contribution is -0.123. The lowest BCUT2D eigenvalue weighted by Gasteiger charge is -2.15. The van der Waals surface area contributed by atoms with E-state index in [4.69, 9.17) is 9.47 Å².